The fourth-order valence-corrected chi connectivity index (χ4v) is 5.00. The molecule has 9 nitrogen and oxygen atoms in total. The third kappa shape index (κ3) is 4.01. The molecule has 1 saturated carbocycles. The van der Waals surface area contributed by atoms with Gasteiger partial charge in [0.1, 0.15) is 17.3 Å². The number of aromatic nitrogens is 7. The molecule has 4 aromatic heterocycles. The minimum Gasteiger partial charge on any atom is -0.483 e. The van der Waals surface area contributed by atoms with E-state index in [1.807, 2.05) is 18.2 Å². The van der Waals surface area contributed by atoms with E-state index in [-0.39, 0.29) is 5.41 Å². The number of pyridine rings is 2. The Kier molecular flexibility index (Phi) is 5.48. The molecule has 0 unspecified atom stereocenters. The monoisotopic (exact) mass is 530 g/mol. The third-order valence-corrected chi connectivity index (χ3v) is 7.32. The molecule has 0 spiro atoms. The number of hydrogen-bond acceptors (Lipinski definition) is 8. The molecule has 1 aliphatic rings. The van der Waals surface area contributed by atoms with Crippen LogP contribution in [0.5, 0.6) is 0 Å². The van der Waals surface area contributed by atoms with Gasteiger partial charge in [-0.15, -0.1) is 10.2 Å². The second kappa shape index (κ2) is 9.19. The van der Waals surface area contributed by atoms with Crippen LogP contribution in [0.15, 0.2) is 91.7 Å². The molecule has 4 heterocycles. The molecule has 0 bridgehead atoms. The van der Waals surface area contributed by atoms with Crippen LogP contribution in [-0.4, -0.2) is 41.9 Å². The summed E-state index contributed by atoms with van der Waals surface area (Å²) in [6.45, 7) is 3.71. The molecule has 6 aromatic rings. The zero-order valence-corrected chi connectivity index (χ0v) is 21.5. The van der Waals surface area contributed by atoms with Crippen LogP contribution in [0.4, 0.5) is 10.2 Å². The second-order valence-electron chi connectivity index (χ2n) is 9.75. The van der Waals surface area contributed by atoms with Crippen molar-refractivity contribution in [3.63, 3.8) is 0 Å². The maximum atomic E-state index is 15.3. The molecule has 0 saturated heterocycles. The summed E-state index contributed by atoms with van der Waals surface area (Å²) in [5.41, 5.74) is 3.98. The van der Waals surface area contributed by atoms with E-state index in [2.05, 4.69) is 55.2 Å². The van der Waals surface area contributed by atoms with Crippen LogP contribution >= 0.6 is 0 Å². The number of fused-ring (bicyclic) bond motifs is 2. The zero-order valence-electron chi connectivity index (χ0n) is 21.5. The zero-order chi connectivity index (χ0) is 27.3. The van der Waals surface area contributed by atoms with E-state index in [1.54, 1.807) is 41.3 Å². The van der Waals surface area contributed by atoms with Crippen LogP contribution in [-0.2, 0) is 10.2 Å². The van der Waals surface area contributed by atoms with Gasteiger partial charge in [0.2, 0.25) is 0 Å². The Bertz CT molecular complexity index is 1910. The summed E-state index contributed by atoms with van der Waals surface area (Å²) in [4.78, 5) is 13.2. The molecule has 0 radical (unpaired) electrons. The van der Waals surface area contributed by atoms with Gasteiger partial charge in [0, 0.05) is 34.5 Å². The van der Waals surface area contributed by atoms with Crippen molar-refractivity contribution in [3.05, 3.63) is 109 Å². The Hall–Kier alpha value is -5.25. The number of anilines is 1. The van der Waals surface area contributed by atoms with E-state index < -0.39 is 5.82 Å². The summed E-state index contributed by atoms with van der Waals surface area (Å²) in [5, 5.41) is 17.6. The normalized spacial score (nSPS) is 13.8. The van der Waals surface area contributed by atoms with E-state index in [0.717, 1.165) is 35.1 Å². The average Bonchev–Trinajstić information content (AvgIpc) is 3.69. The molecule has 2 aromatic carbocycles. The average molecular weight is 531 g/mol. The number of ether oxygens (including phenoxy) is 1. The lowest BCUT2D eigenvalue weighted by molar-refractivity contribution is 0.299. The summed E-state index contributed by atoms with van der Waals surface area (Å²) in [6, 6.07) is 18.8. The predicted octanol–water partition coefficient (Wildman–Crippen LogP) is 5.55. The highest BCUT2D eigenvalue weighted by molar-refractivity contribution is 5.79. The van der Waals surface area contributed by atoms with Crippen molar-refractivity contribution in [1.29, 1.82) is 0 Å². The first kappa shape index (κ1) is 23.8. The Morgan fingerprint density at radius 1 is 0.975 bits per heavy atom. The molecule has 196 valence electrons. The fourth-order valence-electron chi connectivity index (χ4n) is 5.00. The first-order valence-electron chi connectivity index (χ1n) is 12.7. The molecule has 0 aliphatic heterocycles. The Labute approximate surface area is 228 Å². The summed E-state index contributed by atoms with van der Waals surface area (Å²) in [7, 11) is 1.51. The minimum atomic E-state index is -0.393. The third-order valence-electron chi connectivity index (χ3n) is 7.32. The molecule has 1 N–H and O–H groups in total. The smallest absolute Gasteiger partial charge is 0.271 e. The van der Waals surface area contributed by atoms with Crippen molar-refractivity contribution in [2.24, 2.45) is 0 Å². The lowest BCUT2D eigenvalue weighted by Crippen LogP contribution is -2.15. The van der Waals surface area contributed by atoms with Gasteiger partial charge in [0.15, 0.2) is 11.7 Å². The van der Waals surface area contributed by atoms with E-state index >= 15 is 4.39 Å². The standard InChI is InChI=1S/C30H23FN8O/c1-18(40-2)35-27-10-6-21(16-33-27)23-8-5-20(15-24(23)31)26-17-34-29-37-36-28(39(29)38-26)30(11-12-30)22-7-9-25-19(14-22)4-3-13-32-25/h3-10,13-17H,1,11-12H2,2H3,(H,33,35). The Balaban J connectivity index is 1.21. The van der Waals surface area contributed by atoms with E-state index in [4.69, 9.17) is 9.84 Å². The van der Waals surface area contributed by atoms with Gasteiger partial charge in [-0.3, -0.25) is 4.98 Å². The van der Waals surface area contributed by atoms with Crippen molar-refractivity contribution in [3.8, 4) is 22.4 Å². The van der Waals surface area contributed by atoms with E-state index in [9.17, 15) is 0 Å². The summed E-state index contributed by atoms with van der Waals surface area (Å²) >= 11 is 0. The molecular weight excluding hydrogens is 507 g/mol. The van der Waals surface area contributed by atoms with Crippen LogP contribution in [0, 0.1) is 5.82 Å². The Morgan fingerprint density at radius 3 is 2.62 bits per heavy atom. The molecule has 1 aliphatic carbocycles. The number of benzene rings is 2. The number of nitrogens with zero attached hydrogens (tertiary/aromatic N) is 7. The molecule has 1 fully saturated rings. The first-order chi connectivity index (χ1) is 19.5. The van der Waals surface area contributed by atoms with Crippen LogP contribution in [0.3, 0.4) is 0 Å². The highest BCUT2D eigenvalue weighted by atomic mass is 19.1. The van der Waals surface area contributed by atoms with Crippen LogP contribution in [0.25, 0.3) is 39.1 Å². The lowest BCUT2D eigenvalue weighted by atomic mass is 9.94. The summed E-state index contributed by atoms with van der Waals surface area (Å²) < 4.78 is 22.0. The number of rotatable bonds is 7. The topological polar surface area (TPSA) is 103 Å². The largest absolute Gasteiger partial charge is 0.483 e. The van der Waals surface area contributed by atoms with E-state index in [0.29, 0.717) is 39.9 Å². The maximum absolute atomic E-state index is 15.3. The molecule has 10 heteroatoms. The van der Waals surface area contributed by atoms with Crippen molar-refractivity contribution in [1.82, 2.24) is 34.8 Å². The van der Waals surface area contributed by atoms with Gasteiger partial charge < -0.3 is 10.1 Å². The molecule has 40 heavy (non-hydrogen) atoms. The number of nitrogens with one attached hydrogen (secondary N) is 1. The summed E-state index contributed by atoms with van der Waals surface area (Å²) in [6.07, 6.45) is 6.83. The fraction of sp³-hybridized carbons (Fsp3) is 0.133. The van der Waals surface area contributed by atoms with E-state index in [1.165, 1.54) is 13.2 Å². The maximum Gasteiger partial charge on any atom is 0.271 e. The molecule has 0 amide bonds. The van der Waals surface area contributed by atoms with Crippen molar-refractivity contribution < 1.29 is 9.13 Å². The Morgan fingerprint density at radius 2 is 1.85 bits per heavy atom. The highest BCUT2D eigenvalue weighted by Gasteiger charge is 2.50. The number of methoxy groups -OCH3 is 1. The van der Waals surface area contributed by atoms with Gasteiger partial charge in [-0.25, -0.2) is 14.4 Å². The van der Waals surface area contributed by atoms with Crippen molar-refractivity contribution >= 4 is 22.5 Å². The van der Waals surface area contributed by atoms with Gasteiger partial charge in [-0.1, -0.05) is 24.3 Å². The molecule has 7 rings (SSSR count). The van der Waals surface area contributed by atoms with Gasteiger partial charge in [-0.2, -0.15) is 9.61 Å². The molecular formula is C30H23FN8O. The number of halogens is 1. The van der Waals surface area contributed by atoms with Gasteiger partial charge in [0.25, 0.3) is 5.78 Å². The first-order valence-corrected chi connectivity index (χ1v) is 12.7. The van der Waals surface area contributed by atoms with Crippen molar-refractivity contribution in [2.75, 3.05) is 12.4 Å². The van der Waals surface area contributed by atoms with Gasteiger partial charge in [0.05, 0.1) is 24.2 Å². The predicted molar refractivity (Wildman–Crippen MR) is 149 cm³/mol. The van der Waals surface area contributed by atoms with Gasteiger partial charge in [-0.05, 0) is 61.4 Å². The molecule has 0 atom stereocenters. The highest BCUT2D eigenvalue weighted by Crippen LogP contribution is 2.53. The van der Waals surface area contributed by atoms with Crippen LogP contribution in [0.2, 0.25) is 0 Å². The van der Waals surface area contributed by atoms with Gasteiger partial charge >= 0.3 is 0 Å². The minimum absolute atomic E-state index is 0.296. The lowest BCUT2D eigenvalue weighted by Gasteiger charge is -2.14. The van der Waals surface area contributed by atoms with Crippen molar-refractivity contribution in [2.45, 2.75) is 18.3 Å². The number of hydrogen-bond donors (Lipinski definition) is 1. The second-order valence-corrected chi connectivity index (χ2v) is 9.75. The SMILES string of the molecule is C=C(Nc1ccc(-c2ccc(-c3cnc4nnc(C5(c6ccc7ncccc7c6)CC5)n4n3)cc2F)cn1)OC. The summed E-state index contributed by atoms with van der Waals surface area (Å²) in [5.74, 6) is 1.66. The van der Waals surface area contributed by atoms with Crippen LogP contribution in [0.1, 0.15) is 24.2 Å². The van der Waals surface area contributed by atoms with Crippen LogP contribution < -0.4 is 5.32 Å². The quantitative estimate of drug-likeness (QED) is 0.268.